The predicted octanol–water partition coefficient (Wildman–Crippen LogP) is 5.98. The smallest absolute Gasteiger partial charge is 0.135 e. The van der Waals surface area contributed by atoms with Crippen LogP contribution >= 0.6 is 0 Å². The van der Waals surface area contributed by atoms with Crippen molar-refractivity contribution in [1.29, 1.82) is 0 Å². The third-order valence-electron chi connectivity index (χ3n) is 5.13. The van der Waals surface area contributed by atoms with Gasteiger partial charge in [0.15, 0.2) is 0 Å². The molecule has 0 aliphatic rings. The van der Waals surface area contributed by atoms with Gasteiger partial charge in [-0.15, -0.1) is 0 Å². The number of benzene rings is 5. The zero-order valence-electron chi connectivity index (χ0n) is 14.2. The van der Waals surface area contributed by atoms with Crippen LogP contribution in [0.4, 0.5) is 10.1 Å². The number of nitrogen functional groups attached to an aromatic ring is 1. The minimum atomic E-state index is -0.215. The van der Waals surface area contributed by atoms with Crippen molar-refractivity contribution in [3.63, 3.8) is 0 Å². The molecule has 5 aromatic carbocycles. The summed E-state index contributed by atoms with van der Waals surface area (Å²) >= 11 is 0. The lowest BCUT2D eigenvalue weighted by atomic mass is 9.87. The van der Waals surface area contributed by atoms with Gasteiger partial charge in [0.2, 0.25) is 0 Å². The van der Waals surface area contributed by atoms with Gasteiger partial charge < -0.3 is 10.5 Å². The maximum Gasteiger partial charge on any atom is 0.135 e. The zero-order chi connectivity index (χ0) is 17.8. The fourth-order valence-electron chi connectivity index (χ4n) is 4.06. The molecule has 0 unspecified atom stereocenters. The summed E-state index contributed by atoms with van der Waals surface area (Å²) in [5, 5.41) is 5.33. The Bertz CT molecular complexity index is 1290. The van der Waals surface area contributed by atoms with Gasteiger partial charge in [-0.05, 0) is 22.9 Å². The van der Waals surface area contributed by atoms with Crippen molar-refractivity contribution in [2.75, 3.05) is 12.8 Å². The molecule has 5 rings (SSSR count). The van der Waals surface area contributed by atoms with Crippen molar-refractivity contribution in [1.82, 2.24) is 0 Å². The van der Waals surface area contributed by atoms with Crippen molar-refractivity contribution >= 4 is 38.0 Å². The Labute approximate surface area is 149 Å². The number of para-hydroxylation sites is 1. The van der Waals surface area contributed by atoms with Crippen LogP contribution in [0.3, 0.4) is 0 Å². The molecule has 2 N–H and O–H groups in total. The first-order chi connectivity index (χ1) is 12.7. The average molecular weight is 341 g/mol. The summed E-state index contributed by atoms with van der Waals surface area (Å²) < 4.78 is 20.6. The Morgan fingerprint density at radius 2 is 1.54 bits per heavy atom. The van der Waals surface area contributed by atoms with Crippen molar-refractivity contribution in [3.8, 4) is 16.9 Å². The molecule has 0 spiro atoms. The van der Waals surface area contributed by atoms with E-state index in [1.807, 2.05) is 60.7 Å². The number of rotatable bonds is 2. The molecule has 0 aliphatic carbocycles. The van der Waals surface area contributed by atoms with Gasteiger partial charge in [0, 0.05) is 38.4 Å². The van der Waals surface area contributed by atoms with Crippen LogP contribution in [0.15, 0.2) is 66.7 Å². The van der Waals surface area contributed by atoms with Gasteiger partial charge in [-0.2, -0.15) is 0 Å². The van der Waals surface area contributed by atoms with Gasteiger partial charge in [-0.25, -0.2) is 4.39 Å². The summed E-state index contributed by atoms with van der Waals surface area (Å²) in [6, 6.07) is 20.9. The van der Waals surface area contributed by atoms with E-state index in [0.29, 0.717) is 11.1 Å². The van der Waals surface area contributed by atoms with E-state index >= 15 is 0 Å². The van der Waals surface area contributed by atoms with Crippen LogP contribution in [0.2, 0.25) is 0 Å². The second kappa shape index (κ2) is 5.33. The van der Waals surface area contributed by atoms with Gasteiger partial charge >= 0.3 is 0 Å². The number of nitrogens with two attached hydrogens (primary N) is 1. The highest BCUT2D eigenvalue weighted by Crippen LogP contribution is 2.48. The fraction of sp³-hybridized carbons (Fsp3) is 0.0435. The predicted molar refractivity (Wildman–Crippen MR) is 107 cm³/mol. The van der Waals surface area contributed by atoms with E-state index in [1.54, 1.807) is 13.2 Å². The Morgan fingerprint density at radius 1 is 0.808 bits per heavy atom. The molecule has 0 atom stereocenters. The molecule has 0 heterocycles. The number of methoxy groups -OCH3 is 1. The number of hydrogen-bond acceptors (Lipinski definition) is 2. The highest BCUT2D eigenvalue weighted by Gasteiger charge is 2.21. The fourth-order valence-corrected chi connectivity index (χ4v) is 4.06. The van der Waals surface area contributed by atoms with Crippen LogP contribution in [-0.2, 0) is 0 Å². The van der Waals surface area contributed by atoms with Crippen molar-refractivity contribution in [2.24, 2.45) is 0 Å². The maximum absolute atomic E-state index is 14.8. The molecular formula is C23H16FNO. The van der Waals surface area contributed by atoms with E-state index in [2.05, 4.69) is 0 Å². The Kier molecular flexibility index (Phi) is 3.07. The first-order valence-corrected chi connectivity index (χ1v) is 8.48. The van der Waals surface area contributed by atoms with E-state index in [-0.39, 0.29) is 5.82 Å². The topological polar surface area (TPSA) is 35.2 Å². The molecule has 0 fully saturated rings. The standard InChI is InChI=1S/C23H16FNO/c1-26-23-17-10-4-6-13-12-18(24)14-8-5-9-16(21(14)20(13)17)22(23)15-7-2-3-11-19(15)25/h2-12H,25H2,1H3. The monoisotopic (exact) mass is 341 g/mol. The van der Waals surface area contributed by atoms with Crippen LogP contribution in [0.1, 0.15) is 0 Å². The quantitative estimate of drug-likeness (QED) is 0.316. The van der Waals surface area contributed by atoms with E-state index < -0.39 is 0 Å². The number of ether oxygens (including phenoxy) is 1. The molecule has 0 aliphatic heterocycles. The Morgan fingerprint density at radius 3 is 2.35 bits per heavy atom. The number of anilines is 1. The van der Waals surface area contributed by atoms with Crippen LogP contribution < -0.4 is 10.5 Å². The molecule has 0 amide bonds. The van der Waals surface area contributed by atoms with Crippen LogP contribution in [0, 0.1) is 5.82 Å². The Balaban J connectivity index is 2.14. The molecular weight excluding hydrogens is 325 g/mol. The van der Waals surface area contributed by atoms with E-state index in [4.69, 9.17) is 10.5 Å². The van der Waals surface area contributed by atoms with Crippen molar-refractivity contribution in [2.45, 2.75) is 0 Å². The lowest BCUT2D eigenvalue weighted by Crippen LogP contribution is -1.97. The van der Waals surface area contributed by atoms with Gasteiger partial charge in [0.25, 0.3) is 0 Å². The van der Waals surface area contributed by atoms with Gasteiger partial charge in [-0.3, -0.25) is 0 Å². The summed E-state index contributed by atoms with van der Waals surface area (Å²) in [4.78, 5) is 0. The second-order valence-electron chi connectivity index (χ2n) is 6.49. The molecule has 0 saturated carbocycles. The first kappa shape index (κ1) is 15.0. The molecule has 5 aromatic rings. The lowest BCUT2D eigenvalue weighted by Gasteiger charge is -2.20. The summed E-state index contributed by atoms with van der Waals surface area (Å²) in [7, 11) is 1.67. The van der Waals surface area contributed by atoms with E-state index in [9.17, 15) is 4.39 Å². The molecule has 0 saturated heterocycles. The molecule has 0 radical (unpaired) electrons. The normalized spacial score (nSPS) is 11.6. The second-order valence-corrected chi connectivity index (χ2v) is 6.49. The van der Waals surface area contributed by atoms with Crippen molar-refractivity contribution in [3.05, 3.63) is 72.5 Å². The summed E-state index contributed by atoms with van der Waals surface area (Å²) in [6.45, 7) is 0. The van der Waals surface area contributed by atoms with Crippen LogP contribution in [-0.4, -0.2) is 7.11 Å². The van der Waals surface area contributed by atoms with Gasteiger partial charge in [0.05, 0.1) is 7.11 Å². The average Bonchev–Trinajstić information content (AvgIpc) is 2.66. The first-order valence-electron chi connectivity index (χ1n) is 8.48. The highest BCUT2D eigenvalue weighted by molar-refractivity contribution is 6.29. The van der Waals surface area contributed by atoms with Gasteiger partial charge in [0.1, 0.15) is 11.6 Å². The minimum Gasteiger partial charge on any atom is -0.495 e. The lowest BCUT2D eigenvalue weighted by molar-refractivity contribution is 0.422. The highest BCUT2D eigenvalue weighted by atomic mass is 19.1. The maximum atomic E-state index is 14.8. The third-order valence-corrected chi connectivity index (χ3v) is 5.13. The Hall–Kier alpha value is -3.33. The third kappa shape index (κ3) is 1.85. The number of hydrogen-bond donors (Lipinski definition) is 1. The molecule has 3 heteroatoms. The molecule has 0 aromatic heterocycles. The number of halogens is 1. The molecule has 126 valence electrons. The van der Waals surface area contributed by atoms with Crippen LogP contribution in [0.25, 0.3) is 43.4 Å². The SMILES string of the molecule is COc1c(-c2ccccc2N)c2cccc3c(F)cc4cccc1c4c32. The van der Waals surface area contributed by atoms with Gasteiger partial charge in [-0.1, -0.05) is 54.6 Å². The zero-order valence-corrected chi connectivity index (χ0v) is 14.2. The van der Waals surface area contributed by atoms with Crippen LogP contribution in [0.5, 0.6) is 5.75 Å². The summed E-state index contributed by atoms with van der Waals surface area (Å²) in [6.07, 6.45) is 0. The molecule has 26 heavy (non-hydrogen) atoms. The minimum absolute atomic E-state index is 0.215. The summed E-state index contributed by atoms with van der Waals surface area (Å²) in [5.41, 5.74) is 8.74. The largest absolute Gasteiger partial charge is 0.495 e. The van der Waals surface area contributed by atoms with E-state index in [1.165, 1.54) is 0 Å². The van der Waals surface area contributed by atoms with E-state index in [0.717, 1.165) is 43.8 Å². The molecule has 0 bridgehead atoms. The van der Waals surface area contributed by atoms with Crippen molar-refractivity contribution < 1.29 is 9.13 Å². The molecule has 2 nitrogen and oxygen atoms in total. The summed E-state index contributed by atoms with van der Waals surface area (Å²) in [5.74, 6) is 0.549.